The number of benzene rings is 1. The molecule has 0 fully saturated rings. The number of ether oxygens (including phenoxy) is 2. The summed E-state index contributed by atoms with van der Waals surface area (Å²) >= 11 is 5.80. The van der Waals surface area contributed by atoms with E-state index in [4.69, 9.17) is 9.47 Å². The molecular weight excluding hydrogens is 254 g/mol. The lowest BCUT2D eigenvalue weighted by molar-refractivity contribution is 0.395. The van der Waals surface area contributed by atoms with Crippen LogP contribution in [0.3, 0.4) is 0 Å². The third-order valence-electron chi connectivity index (χ3n) is 2.35. The molecule has 5 heteroatoms. The molecule has 0 unspecified atom stereocenters. The van der Waals surface area contributed by atoms with E-state index in [1.807, 2.05) is 23.6 Å². The fourth-order valence-corrected chi connectivity index (χ4v) is 2.61. The summed E-state index contributed by atoms with van der Waals surface area (Å²) in [6, 6.07) is 5.72. The SMILES string of the molecule is COc1ccc(-c2nc(CS)cs2)c(OC)c1. The van der Waals surface area contributed by atoms with Gasteiger partial charge in [0.05, 0.1) is 25.5 Å². The Morgan fingerprint density at radius 2 is 2.12 bits per heavy atom. The zero-order chi connectivity index (χ0) is 12.3. The molecule has 17 heavy (non-hydrogen) atoms. The lowest BCUT2D eigenvalue weighted by atomic mass is 10.2. The zero-order valence-corrected chi connectivity index (χ0v) is 11.3. The maximum atomic E-state index is 5.35. The summed E-state index contributed by atoms with van der Waals surface area (Å²) in [7, 11) is 3.28. The first-order valence-electron chi connectivity index (χ1n) is 5.06. The second-order valence-electron chi connectivity index (χ2n) is 3.37. The van der Waals surface area contributed by atoms with Crippen LogP contribution in [0.1, 0.15) is 5.69 Å². The monoisotopic (exact) mass is 267 g/mol. The van der Waals surface area contributed by atoms with E-state index in [2.05, 4.69) is 17.6 Å². The predicted octanol–water partition coefficient (Wildman–Crippen LogP) is 3.26. The van der Waals surface area contributed by atoms with Crippen LogP contribution in [0.4, 0.5) is 0 Å². The minimum atomic E-state index is 0.648. The topological polar surface area (TPSA) is 31.4 Å². The molecule has 1 aromatic heterocycles. The van der Waals surface area contributed by atoms with Crippen LogP contribution < -0.4 is 9.47 Å². The first-order valence-corrected chi connectivity index (χ1v) is 6.57. The van der Waals surface area contributed by atoms with Gasteiger partial charge in [0.1, 0.15) is 16.5 Å². The number of thiazole rings is 1. The standard InChI is InChI=1S/C12H13NO2S2/c1-14-9-3-4-10(11(5-9)15-2)12-13-8(6-16)7-17-12/h3-5,7,16H,6H2,1-2H3. The molecular formula is C12H13NO2S2. The fourth-order valence-electron chi connectivity index (χ4n) is 1.48. The lowest BCUT2D eigenvalue weighted by Crippen LogP contribution is -1.90. The van der Waals surface area contributed by atoms with Crippen molar-refractivity contribution in [2.75, 3.05) is 14.2 Å². The van der Waals surface area contributed by atoms with Crippen molar-refractivity contribution in [3.8, 4) is 22.1 Å². The highest BCUT2D eigenvalue weighted by Crippen LogP contribution is 2.35. The van der Waals surface area contributed by atoms with E-state index < -0.39 is 0 Å². The van der Waals surface area contributed by atoms with Gasteiger partial charge in [0.15, 0.2) is 0 Å². The molecule has 0 spiro atoms. The summed E-state index contributed by atoms with van der Waals surface area (Å²) in [6.07, 6.45) is 0. The maximum absolute atomic E-state index is 5.35. The molecule has 3 nitrogen and oxygen atoms in total. The van der Waals surface area contributed by atoms with Gasteiger partial charge in [0, 0.05) is 17.2 Å². The van der Waals surface area contributed by atoms with Crippen LogP contribution in [-0.2, 0) is 5.75 Å². The van der Waals surface area contributed by atoms with Crippen LogP contribution in [0.2, 0.25) is 0 Å². The van der Waals surface area contributed by atoms with Crippen molar-refractivity contribution in [1.82, 2.24) is 4.98 Å². The quantitative estimate of drug-likeness (QED) is 0.863. The van der Waals surface area contributed by atoms with E-state index in [-0.39, 0.29) is 0 Å². The van der Waals surface area contributed by atoms with Crippen molar-refractivity contribution in [2.24, 2.45) is 0 Å². The summed E-state index contributed by atoms with van der Waals surface area (Å²) in [5.74, 6) is 2.19. The maximum Gasteiger partial charge on any atom is 0.132 e. The Kier molecular flexibility index (Phi) is 3.91. The van der Waals surface area contributed by atoms with E-state index in [1.165, 1.54) is 0 Å². The van der Waals surface area contributed by atoms with E-state index in [0.717, 1.165) is 27.8 Å². The highest BCUT2D eigenvalue weighted by Gasteiger charge is 2.10. The first-order chi connectivity index (χ1) is 8.28. The number of methoxy groups -OCH3 is 2. The first kappa shape index (κ1) is 12.3. The van der Waals surface area contributed by atoms with Crippen LogP contribution in [-0.4, -0.2) is 19.2 Å². The number of hydrogen-bond donors (Lipinski definition) is 1. The van der Waals surface area contributed by atoms with Crippen molar-refractivity contribution >= 4 is 24.0 Å². The highest BCUT2D eigenvalue weighted by atomic mass is 32.1. The Labute approximate surface area is 110 Å². The van der Waals surface area contributed by atoms with E-state index in [1.54, 1.807) is 25.6 Å². The molecule has 0 saturated carbocycles. The lowest BCUT2D eigenvalue weighted by Gasteiger charge is -2.08. The van der Waals surface area contributed by atoms with Gasteiger partial charge in [-0.15, -0.1) is 11.3 Å². The van der Waals surface area contributed by atoms with Crippen LogP contribution in [0.15, 0.2) is 23.6 Å². The van der Waals surface area contributed by atoms with Gasteiger partial charge < -0.3 is 9.47 Å². The third kappa shape index (κ3) is 2.56. The molecule has 2 aromatic rings. The van der Waals surface area contributed by atoms with Gasteiger partial charge in [-0.05, 0) is 12.1 Å². The molecule has 1 aromatic carbocycles. The van der Waals surface area contributed by atoms with Crippen molar-refractivity contribution < 1.29 is 9.47 Å². The molecule has 0 atom stereocenters. The number of nitrogens with zero attached hydrogens (tertiary/aromatic N) is 1. The number of aromatic nitrogens is 1. The number of thiol groups is 1. The van der Waals surface area contributed by atoms with E-state index in [9.17, 15) is 0 Å². The minimum Gasteiger partial charge on any atom is -0.497 e. The molecule has 0 bridgehead atoms. The summed E-state index contributed by atoms with van der Waals surface area (Å²) in [5.41, 5.74) is 1.96. The zero-order valence-electron chi connectivity index (χ0n) is 9.64. The van der Waals surface area contributed by atoms with Crippen molar-refractivity contribution in [3.63, 3.8) is 0 Å². The van der Waals surface area contributed by atoms with Gasteiger partial charge in [-0.3, -0.25) is 0 Å². The Morgan fingerprint density at radius 1 is 1.29 bits per heavy atom. The van der Waals surface area contributed by atoms with Crippen molar-refractivity contribution in [1.29, 1.82) is 0 Å². The van der Waals surface area contributed by atoms with Gasteiger partial charge in [-0.2, -0.15) is 12.6 Å². The predicted molar refractivity (Wildman–Crippen MR) is 73.3 cm³/mol. The highest BCUT2D eigenvalue weighted by molar-refractivity contribution is 7.79. The average Bonchev–Trinajstić information content (AvgIpc) is 2.86. The normalized spacial score (nSPS) is 10.3. The van der Waals surface area contributed by atoms with E-state index in [0.29, 0.717) is 5.75 Å². The van der Waals surface area contributed by atoms with Crippen molar-refractivity contribution in [3.05, 3.63) is 29.3 Å². The van der Waals surface area contributed by atoms with Gasteiger partial charge in [-0.1, -0.05) is 0 Å². The molecule has 2 rings (SSSR count). The molecule has 0 aliphatic rings. The molecule has 0 aliphatic carbocycles. The molecule has 0 amide bonds. The fraction of sp³-hybridized carbons (Fsp3) is 0.250. The van der Waals surface area contributed by atoms with Crippen LogP contribution >= 0.6 is 24.0 Å². The van der Waals surface area contributed by atoms with Crippen LogP contribution in [0.5, 0.6) is 11.5 Å². The average molecular weight is 267 g/mol. The summed E-state index contributed by atoms with van der Waals surface area (Å²) < 4.78 is 10.5. The van der Waals surface area contributed by atoms with E-state index >= 15 is 0 Å². The van der Waals surface area contributed by atoms with Crippen LogP contribution in [0, 0.1) is 0 Å². The minimum absolute atomic E-state index is 0.648. The second kappa shape index (κ2) is 5.42. The number of rotatable bonds is 4. The van der Waals surface area contributed by atoms with Gasteiger partial charge >= 0.3 is 0 Å². The summed E-state index contributed by atoms with van der Waals surface area (Å²) in [5, 5.41) is 2.94. The summed E-state index contributed by atoms with van der Waals surface area (Å²) in [6.45, 7) is 0. The second-order valence-corrected chi connectivity index (χ2v) is 4.54. The van der Waals surface area contributed by atoms with Crippen LogP contribution in [0.25, 0.3) is 10.6 Å². The molecule has 0 aliphatic heterocycles. The Balaban J connectivity index is 2.43. The molecule has 0 N–H and O–H groups in total. The third-order valence-corrected chi connectivity index (χ3v) is 3.60. The molecule has 0 radical (unpaired) electrons. The Bertz CT molecular complexity index is 511. The van der Waals surface area contributed by atoms with Gasteiger partial charge in [0.25, 0.3) is 0 Å². The Hall–Kier alpha value is -1.20. The largest absolute Gasteiger partial charge is 0.497 e. The van der Waals surface area contributed by atoms with Crippen molar-refractivity contribution in [2.45, 2.75) is 5.75 Å². The molecule has 0 saturated heterocycles. The molecule has 1 heterocycles. The Morgan fingerprint density at radius 3 is 2.71 bits per heavy atom. The number of hydrogen-bond acceptors (Lipinski definition) is 5. The smallest absolute Gasteiger partial charge is 0.132 e. The van der Waals surface area contributed by atoms with Gasteiger partial charge in [-0.25, -0.2) is 4.98 Å². The summed E-state index contributed by atoms with van der Waals surface area (Å²) in [4.78, 5) is 4.48. The van der Waals surface area contributed by atoms with Gasteiger partial charge in [0.2, 0.25) is 0 Å². The molecule has 90 valence electrons.